The van der Waals surface area contributed by atoms with E-state index in [1.807, 2.05) is 66.0 Å². The van der Waals surface area contributed by atoms with Gasteiger partial charge in [0.2, 0.25) is 5.91 Å². The molecule has 0 radical (unpaired) electrons. The number of hydrogen-bond donors (Lipinski definition) is 1. The van der Waals surface area contributed by atoms with E-state index in [1.54, 1.807) is 6.07 Å². The van der Waals surface area contributed by atoms with Crippen molar-refractivity contribution in [1.82, 2.24) is 14.9 Å². The van der Waals surface area contributed by atoms with Crippen molar-refractivity contribution < 1.29 is 4.79 Å². The minimum atomic E-state index is -0.284. The largest absolute Gasteiger partial charge is 0.344 e. The maximum Gasteiger partial charge on any atom is 0.262 e. The average Bonchev–Trinajstić information content (AvgIpc) is 3.19. The van der Waals surface area contributed by atoms with Gasteiger partial charge >= 0.3 is 0 Å². The van der Waals surface area contributed by atoms with Gasteiger partial charge in [-0.1, -0.05) is 60.7 Å². The first-order valence-corrected chi connectivity index (χ1v) is 9.42. The zero-order valence-corrected chi connectivity index (χ0v) is 15.2. The summed E-state index contributed by atoms with van der Waals surface area (Å²) in [5.74, 6) is -0.244. The van der Waals surface area contributed by atoms with Crippen molar-refractivity contribution in [1.29, 1.82) is 0 Å². The molecule has 0 unspecified atom stereocenters. The zero-order valence-electron chi connectivity index (χ0n) is 14.4. The molecule has 0 bridgehead atoms. The number of carbonyl (C=O) groups is 1. The highest BCUT2D eigenvalue weighted by Gasteiger charge is 2.17. The van der Waals surface area contributed by atoms with Crippen LogP contribution in [0.15, 0.2) is 83.2 Å². The number of fused-ring (bicyclic) bond motifs is 1. The van der Waals surface area contributed by atoms with Crippen LogP contribution in [0.3, 0.4) is 0 Å². The van der Waals surface area contributed by atoms with Gasteiger partial charge in [0.05, 0.1) is 17.8 Å². The van der Waals surface area contributed by atoms with E-state index in [4.69, 9.17) is 0 Å². The van der Waals surface area contributed by atoms with Crippen LogP contribution in [0.4, 0.5) is 0 Å². The quantitative estimate of drug-likeness (QED) is 0.582. The Labute approximate surface area is 159 Å². The Morgan fingerprint density at radius 2 is 1.63 bits per heavy atom. The zero-order chi connectivity index (χ0) is 18.6. The third-order valence-corrected chi connectivity index (χ3v) is 5.16. The van der Waals surface area contributed by atoms with Crippen LogP contribution in [-0.2, 0) is 11.3 Å². The molecule has 0 atom stereocenters. The predicted molar refractivity (Wildman–Crippen MR) is 107 cm³/mol. The SMILES string of the molecule is O=C(Cn1cnc2sccc2c1=O)NC(c1ccccc1)c1ccccc1. The van der Waals surface area contributed by atoms with Crippen LogP contribution in [0.5, 0.6) is 0 Å². The summed E-state index contributed by atoms with van der Waals surface area (Å²) in [6.45, 7) is -0.0756. The number of benzene rings is 2. The second-order valence-corrected chi connectivity index (χ2v) is 7.03. The number of amides is 1. The van der Waals surface area contributed by atoms with Crippen molar-refractivity contribution in [3.8, 4) is 0 Å². The van der Waals surface area contributed by atoms with E-state index in [9.17, 15) is 9.59 Å². The van der Waals surface area contributed by atoms with E-state index in [0.29, 0.717) is 10.2 Å². The number of nitrogens with one attached hydrogen (secondary N) is 1. The summed E-state index contributed by atoms with van der Waals surface area (Å²) in [4.78, 5) is 30.1. The third-order valence-electron chi connectivity index (χ3n) is 4.34. The summed E-state index contributed by atoms with van der Waals surface area (Å²) < 4.78 is 1.34. The smallest absolute Gasteiger partial charge is 0.262 e. The first-order chi connectivity index (χ1) is 13.2. The minimum absolute atomic E-state index is 0.0756. The molecule has 134 valence electrons. The molecule has 0 aliphatic carbocycles. The van der Waals surface area contributed by atoms with E-state index in [-0.39, 0.29) is 24.1 Å². The molecule has 2 aromatic heterocycles. The lowest BCUT2D eigenvalue weighted by Crippen LogP contribution is -2.35. The van der Waals surface area contributed by atoms with Gasteiger partial charge in [0.1, 0.15) is 11.4 Å². The minimum Gasteiger partial charge on any atom is -0.344 e. The lowest BCUT2D eigenvalue weighted by molar-refractivity contribution is -0.122. The van der Waals surface area contributed by atoms with Crippen molar-refractivity contribution in [2.75, 3.05) is 0 Å². The summed E-state index contributed by atoms with van der Waals surface area (Å²) in [5.41, 5.74) is 1.76. The van der Waals surface area contributed by atoms with Crippen molar-refractivity contribution >= 4 is 27.5 Å². The van der Waals surface area contributed by atoms with Gasteiger partial charge in [0, 0.05) is 0 Å². The van der Waals surface area contributed by atoms with Gasteiger partial charge in [0.25, 0.3) is 5.56 Å². The van der Waals surface area contributed by atoms with Crippen LogP contribution in [0.25, 0.3) is 10.2 Å². The Kier molecular flexibility index (Phi) is 4.80. The molecule has 0 fully saturated rings. The maximum absolute atomic E-state index is 12.7. The molecule has 0 aliphatic heterocycles. The predicted octanol–water partition coefficient (Wildman–Crippen LogP) is 3.36. The standard InChI is InChI=1S/C21H17N3O2S/c25-18(13-24-14-22-20-17(21(24)26)11-12-27-20)23-19(15-7-3-1-4-8-15)16-9-5-2-6-10-16/h1-12,14,19H,13H2,(H,23,25). The molecule has 0 spiro atoms. The number of hydrogen-bond acceptors (Lipinski definition) is 4. The molecule has 0 aliphatic rings. The van der Waals surface area contributed by atoms with E-state index < -0.39 is 0 Å². The van der Waals surface area contributed by atoms with Gasteiger partial charge in [-0.05, 0) is 22.6 Å². The molecule has 2 heterocycles. The fourth-order valence-electron chi connectivity index (χ4n) is 3.02. The molecule has 27 heavy (non-hydrogen) atoms. The topological polar surface area (TPSA) is 64.0 Å². The molecular weight excluding hydrogens is 358 g/mol. The van der Waals surface area contributed by atoms with Crippen molar-refractivity contribution in [2.45, 2.75) is 12.6 Å². The summed E-state index contributed by atoms with van der Waals surface area (Å²) in [6, 6.07) is 21.0. The maximum atomic E-state index is 12.7. The Balaban J connectivity index is 1.60. The van der Waals surface area contributed by atoms with Crippen LogP contribution >= 0.6 is 11.3 Å². The van der Waals surface area contributed by atoms with Crippen LogP contribution < -0.4 is 10.9 Å². The highest BCUT2D eigenvalue weighted by Crippen LogP contribution is 2.21. The first kappa shape index (κ1) is 17.2. The lowest BCUT2D eigenvalue weighted by atomic mass is 9.99. The number of thiophene rings is 1. The van der Waals surface area contributed by atoms with Crippen LogP contribution in [-0.4, -0.2) is 15.5 Å². The number of aromatic nitrogens is 2. The van der Waals surface area contributed by atoms with Gasteiger partial charge in [-0.2, -0.15) is 0 Å². The molecule has 0 saturated heterocycles. The molecule has 1 N–H and O–H groups in total. The van der Waals surface area contributed by atoms with Crippen molar-refractivity contribution in [3.63, 3.8) is 0 Å². The Morgan fingerprint density at radius 3 is 2.26 bits per heavy atom. The molecule has 2 aromatic carbocycles. The average molecular weight is 375 g/mol. The highest BCUT2D eigenvalue weighted by atomic mass is 32.1. The van der Waals surface area contributed by atoms with E-state index in [2.05, 4.69) is 10.3 Å². The van der Waals surface area contributed by atoms with Gasteiger partial charge in [-0.3, -0.25) is 14.2 Å². The van der Waals surface area contributed by atoms with Gasteiger partial charge in [-0.15, -0.1) is 11.3 Å². The molecule has 1 amide bonds. The molecule has 5 nitrogen and oxygen atoms in total. The van der Waals surface area contributed by atoms with Crippen LogP contribution in [0, 0.1) is 0 Å². The second kappa shape index (κ2) is 7.55. The second-order valence-electron chi connectivity index (χ2n) is 6.14. The summed E-state index contributed by atoms with van der Waals surface area (Å²) in [5, 5.41) is 5.41. The molecular formula is C21H17N3O2S. The molecule has 6 heteroatoms. The Hall–Kier alpha value is -3.25. The Morgan fingerprint density at radius 1 is 1.00 bits per heavy atom. The third kappa shape index (κ3) is 3.66. The fraction of sp³-hybridized carbons (Fsp3) is 0.0952. The first-order valence-electron chi connectivity index (χ1n) is 8.54. The van der Waals surface area contributed by atoms with Gasteiger partial charge in [0.15, 0.2) is 0 Å². The van der Waals surface area contributed by atoms with E-state index >= 15 is 0 Å². The van der Waals surface area contributed by atoms with Gasteiger partial charge in [-0.25, -0.2) is 4.98 Å². The monoisotopic (exact) mass is 375 g/mol. The van der Waals surface area contributed by atoms with E-state index in [1.165, 1.54) is 22.2 Å². The summed E-state index contributed by atoms with van der Waals surface area (Å²) in [7, 11) is 0. The van der Waals surface area contributed by atoms with Crippen molar-refractivity contribution in [2.24, 2.45) is 0 Å². The molecule has 0 saturated carbocycles. The number of carbonyl (C=O) groups excluding carboxylic acids is 1. The molecule has 4 aromatic rings. The van der Waals surface area contributed by atoms with Gasteiger partial charge < -0.3 is 5.32 Å². The van der Waals surface area contributed by atoms with Crippen LogP contribution in [0.2, 0.25) is 0 Å². The highest BCUT2D eigenvalue weighted by molar-refractivity contribution is 7.16. The summed E-state index contributed by atoms with van der Waals surface area (Å²) >= 11 is 1.41. The number of nitrogens with zero attached hydrogens (tertiary/aromatic N) is 2. The van der Waals surface area contributed by atoms with Crippen LogP contribution in [0.1, 0.15) is 17.2 Å². The molecule has 4 rings (SSSR count). The number of rotatable bonds is 5. The Bertz CT molecular complexity index is 1080. The summed E-state index contributed by atoms with van der Waals surface area (Å²) in [6.07, 6.45) is 1.43. The fourth-order valence-corrected chi connectivity index (χ4v) is 3.74. The van der Waals surface area contributed by atoms with E-state index in [0.717, 1.165) is 11.1 Å². The lowest BCUT2D eigenvalue weighted by Gasteiger charge is -2.20. The van der Waals surface area contributed by atoms with Crippen molar-refractivity contribution in [3.05, 3.63) is 99.9 Å². The normalized spacial score (nSPS) is 11.0.